The van der Waals surface area contributed by atoms with Crippen LogP contribution >= 0.6 is 11.3 Å². The summed E-state index contributed by atoms with van der Waals surface area (Å²) in [4.78, 5) is 20.4. The standard InChI is InChI=1S/C25H25N3O3S/c29-13-11-27-25(30)24-23(19-6-2-4-8-22(19)32-24)21-16-28(12-14-31-21)15-17-9-10-26-20-7-3-1-5-18(17)20/h1-10,21,29H,11-16H2,(H,27,30)/t21-/m0/s1. The van der Waals surface area contributed by atoms with E-state index in [1.807, 2.05) is 42.6 Å². The molecule has 32 heavy (non-hydrogen) atoms. The van der Waals surface area contributed by atoms with Crippen LogP contribution in [0.25, 0.3) is 21.0 Å². The van der Waals surface area contributed by atoms with Crippen molar-refractivity contribution in [3.05, 3.63) is 76.8 Å². The summed E-state index contributed by atoms with van der Waals surface area (Å²) in [6, 6.07) is 18.4. The Balaban J connectivity index is 1.44. The SMILES string of the molecule is O=C(NCCO)c1sc2ccccc2c1[C@@H]1CN(Cc2ccnc3ccccc23)CCO1. The van der Waals surface area contributed by atoms with E-state index in [1.54, 1.807) is 0 Å². The average Bonchev–Trinajstić information content (AvgIpc) is 3.23. The summed E-state index contributed by atoms with van der Waals surface area (Å²) in [5.74, 6) is -0.156. The summed E-state index contributed by atoms with van der Waals surface area (Å²) in [7, 11) is 0. The summed E-state index contributed by atoms with van der Waals surface area (Å²) in [5.41, 5.74) is 3.19. The first-order valence-corrected chi connectivity index (χ1v) is 11.6. The van der Waals surface area contributed by atoms with Gasteiger partial charge >= 0.3 is 0 Å². The van der Waals surface area contributed by atoms with Crippen LogP contribution in [0.4, 0.5) is 0 Å². The van der Waals surface area contributed by atoms with Gasteiger partial charge in [-0.3, -0.25) is 14.7 Å². The molecule has 5 rings (SSSR count). The molecule has 6 nitrogen and oxygen atoms in total. The lowest BCUT2D eigenvalue weighted by Crippen LogP contribution is -2.38. The second kappa shape index (κ2) is 9.34. The highest BCUT2D eigenvalue weighted by Crippen LogP contribution is 2.38. The number of ether oxygens (including phenoxy) is 1. The maximum Gasteiger partial charge on any atom is 0.261 e. The molecule has 2 aromatic heterocycles. The Morgan fingerprint density at radius 3 is 2.84 bits per heavy atom. The van der Waals surface area contributed by atoms with Crippen molar-refractivity contribution >= 4 is 38.2 Å². The summed E-state index contributed by atoms with van der Waals surface area (Å²) < 4.78 is 7.27. The van der Waals surface area contributed by atoms with E-state index in [-0.39, 0.29) is 25.2 Å². The van der Waals surface area contributed by atoms with Crippen molar-refractivity contribution < 1.29 is 14.6 Å². The summed E-state index contributed by atoms with van der Waals surface area (Å²) in [5, 5.41) is 14.2. The third-order valence-corrected chi connectivity index (χ3v) is 7.03. The van der Waals surface area contributed by atoms with Crippen LogP contribution in [0, 0.1) is 0 Å². The quantitative estimate of drug-likeness (QED) is 0.471. The second-order valence-electron chi connectivity index (χ2n) is 7.90. The number of benzene rings is 2. The fraction of sp³-hybridized carbons (Fsp3) is 0.280. The van der Waals surface area contributed by atoms with E-state index in [4.69, 9.17) is 9.84 Å². The molecule has 0 saturated carbocycles. The molecule has 1 aliphatic rings. The number of hydrogen-bond donors (Lipinski definition) is 2. The van der Waals surface area contributed by atoms with E-state index < -0.39 is 0 Å². The highest BCUT2D eigenvalue weighted by atomic mass is 32.1. The Labute approximate surface area is 190 Å². The van der Waals surface area contributed by atoms with Gasteiger partial charge in [-0.1, -0.05) is 36.4 Å². The number of thiophene rings is 1. The van der Waals surface area contributed by atoms with Crippen LogP contribution in [-0.4, -0.2) is 53.7 Å². The first-order valence-electron chi connectivity index (χ1n) is 10.8. The maximum absolute atomic E-state index is 12.9. The number of rotatable bonds is 6. The molecule has 1 saturated heterocycles. The highest BCUT2D eigenvalue weighted by molar-refractivity contribution is 7.21. The molecule has 2 aromatic carbocycles. The number of aliphatic hydroxyl groups is 1. The molecule has 1 fully saturated rings. The van der Waals surface area contributed by atoms with Gasteiger partial charge in [0.15, 0.2) is 0 Å². The molecule has 0 bridgehead atoms. The zero-order valence-electron chi connectivity index (χ0n) is 17.7. The van der Waals surface area contributed by atoms with Crippen LogP contribution in [0.15, 0.2) is 60.8 Å². The smallest absolute Gasteiger partial charge is 0.261 e. The van der Waals surface area contributed by atoms with Crippen LogP contribution in [-0.2, 0) is 11.3 Å². The Bertz CT molecular complexity index is 1250. The minimum Gasteiger partial charge on any atom is -0.395 e. The fourth-order valence-electron chi connectivity index (χ4n) is 4.36. The average molecular weight is 448 g/mol. The predicted octanol–water partition coefficient (Wildman–Crippen LogP) is 3.75. The number of pyridine rings is 1. The van der Waals surface area contributed by atoms with Gasteiger partial charge in [-0.15, -0.1) is 11.3 Å². The number of nitrogens with zero attached hydrogens (tertiary/aromatic N) is 2. The van der Waals surface area contributed by atoms with Gasteiger partial charge in [-0.2, -0.15) is 0 Å². The molecule has 0 radical (unpaired) electrons. The summed E-state index contributed by atoms with van der Waals surface area (Å²) in [6.45, 7) is 3.10. The lowest BCUT2D eigenvalue weighted by Gasteiger charge is -2.33. The molecule has 0 aliphatic carbocycles. The number of aliphatic hydroxyl groups excluding tert-OH is 1. The Morgan fingerprint density at radius 2 is 1.97 bits per heavy atom. The van der Waals surface area contributed by atoms with E-state index in [0.29, 0.717) is 18.0 Å². The Morgan fingerprint density at radius 1 is 1.16 bits per heavy atom. The maximum atomic E-state index is 12.9. The monoisotopic (exact) mass is 447 g/mol. The van der Waals surface area contributed by atoms with Crippen molar-refractivity contribution in [1.29, 1.82) is 0 Å². The third kappa shape index (κ3) is 4.12. The molecule has 1 aliphatic heterocycles. The van der Waals surface area contributed by atoms with E-state index >= 15 is 0 Å². The van der Waals surface area contributed by atoms with Crippen molar-refractivity contribution in [2.75, 3.05) is 32.8 Å². The number of fused-ring (bicyclic) bond motifs is 2. The van der Waals surface area contributed by atoms with Gasteiger partial charge in [0.05, 0.1) is 29.7 Å². The van der Waals surface area contributed by atoms with Crippen LogP contribution in [0.5, 0.6) is 0 Å². The number of hydrogen-bond acceptors (Lipinski definition) is 6. The number of morpholine rings is 1. The molecule has 2 N–H and O–H groups in total. The third-order valence-electron chi connectivity index (χ3n) is 5.84. The number of amides is 1. The molecular weight excluding hydrogens is 422 g/mol. The number of nitrogens with one attached hydrogen (secondary N) is 1. The highest BCUT2D eigenvalue weighted by Gasteiger charge is 2.29. The molecule has 4 aromatic rings. The second-order valence-corrected chi connectivity index (χ2v) is 8.95. The van der Waals surface area contributed by atoms with Gasteiger partial charge in [-0.05, 0) is 29.1 Å². The summed E-state index contributed by atoms with van der Waals surface area (Å²) in [6.07, 6.45) is 1.67. The van der Waals surface area contributed by atoms with Gasteiger partial charge in [0, 0.05) is 48.0 Å². The summed E-state index contributed by atoms with van der Waals surface area (Å²) >= 11 is 1.48. The Kier molecular flexibility index (Phi) is 6.14. The molecule has 164 valence electrons. The van der Waals surface area contributed by atoms with Crippen molar-refractivity contribution in [2.24, 2.45) is 0 Å². The fourth-order valence-corrected chi connectivity index (χ4v) is 5.53. The minimum absolute atomic E-state index is 0.0838. The van der Waals surface area contributed by atoms with Crippen LogP contribution in [0.2, 0.25) is 0 Å². The number of carbonyl (C=O) groups excluding carboxylic acids is 1. The zero-order chi connectivity index (χ0) is 21.9. The van der Waals surface area contributed by atoms with Gasteiger partial charge in [0.25, 0.3) is 5.91 Å². The molecule has 7 heteroatoms. The normalized spacial score (nSPS) is 17.1. The van der Waals surface area contributed by atoms with Crippen LogP contribution in [0.3, 0.4) is 0 Å². The van der Waals surface area contributed by atoms with E-state index in [1.165, 1.54) is 22.3 Å². The van der Waals surface area contributed by atoms with Crippen molar-refractivity contribution in [2.45, 2.75) is 12.6 Å². The molecule has 3 heterocycles. The van der Waals surface area contributed by atoms with Gasteiger partial charge < -0.3 is 15.2 Å². The lowest BCUT2D eigenvalue weighted by atomic mass is 10.0. The topological polar surface area (TPSA) is 74.7 Å². The van der Waals surface area contributed by atoms with Gasteiger partial charge in [0.1, 0.15) is 0 Å². The van der Waals surface area contributed by atoms with Crippen molar-refractivity contribution in [3.63, 3.8) is 0 Å². The van der Waals surface area contributed by atoms with E-state index in [9.17, 15) is 4.79 Å². The first kappa shape index (κ1) is 21.0. The number of aromatic nitrogens is 1. The molecular formula is C25H25N3O3S. The molecule has 0 unspecified atom stereocenters. The molecule has 1 atom stereocenters. The van der Waals surface area contributed by atoms with E-state index in [0.717, 1.165) is 34.3 Å². The molecule has 1 amide bonds. The minimum atomic E-state index is -0.192. The molecule has 0 spiro atoms. The lowest BCUT2D eigenvalue weighted by molar-refractivity contribution is -0.0322. The largest absolute Gasteiger partial charge is 0.395 e. The van der Waals surface area contributed by atoms with Gasteiger partial charge in [-0.25, -0.2) is 0 Å². The van der Waals surface area contributed by atoms with Gasteiger partial charge in [0.2, 0.25) is 0 Å². The number of carbonyl (C=O) groups is 1. The van der Waals surface area contributed by atoms with Crippen molar-refractivity contribution in [3.8, 4) is 0 Å². The zero-order valence-corrected chi connectivity index (χ0v) is 18.5. The van der Waals surface area contributed by atoms with Crippen LogP contribution in [0.1, 0.15) is 26.9 Å². The number of para-hydroxylation sites is 1. The predicted molar refractivity (Wildman–Crippen MR) is 127 cm³/mol. The van der Waals surface area contributed by atoms with Crippen molar-refractivity contribution in [1.82, 2.24) is 15.2 Å². The first-order chi connectivity index (χ1) is 15.7. The van der Waals surface area contributed by atoms with Crippen LogP contribution < -0.4 is 5.32 Å². The Hall–Kier alpha value is -2.84. The van der Waals surface area contributed by atoms with E-state index in [2.05, 4.69) is 33.4 Å².